The van der Waals surface area contributed by atoms with E-state index < -0.39 is 0 Å². The fraction of sp³-hybridized carbons (Fsp3) is 0.462. The Hall–Kier alpha value is -0.620. The van der Waals surface area contributed by atoms with Crippen LogP contribution in [0.3, 0.4) is 0 Å². The van der Waals surface area contributed by atoms with E-state index in [0.29, 0.717) is 0 Å². The van der Waals surface area contributed by atoms with Gasteiger partial charge in [-0.3, -0.25) is 4.79 Å². The summed E-state index contributed by atoms with van der Waals surface area (Å²) >= 11 is 2.24. The molecule has 92 valence electrons. The fourth-order valence-corrected chi connectivity index (χ4v) is 2.56. The van der Waals surface area contributed by atoms with Crippen LogP contribution >= 0.6 is 22.6 Å². The fourth-order valence-electron chi connectivity index (χ4n) is 2.03. The van der Waals surface area contributed by atoms with Crippen LogP contribution in [0.25, 0.3) is 0 Å². The van der Waals surface area contributed by atoms with Crippen LogP contribution < -0.4 is 10.6 Å². The third kappa shape index (κ3) is 3.67. The van der Waals surface area contributed by atoms with Gasteiger partial charge >= 0.3 is 0 Å². The van der Waals surface area contributed by atoms with Gasteiger partial charge in [-0.15, -0.1) is 0 Å². The van der Waals surface area contributed by atoms with Crippen molar-refractivity contribution >= 4 is 34.2 Å². The quantitative estimate of drug-likeness (QED) is 0.810. The van der Waals surface area contributed by atoms with Crippen molar-refractivity contribution in [1.82, 2.24) is 5.32 Å². The number of anilines is 1. The van der Waals surface area contributed by atoms with Crippen molar-refractivity contribution in [2.75, 3.05) is 11.9 Å². The number of hydrogen-bond acceptors (Lipinski definition) is 2. The molecule has 1 unspecified atom stereocenters. The molecule has 2 rings (SSSR count). The standard InChI is InChI=1S/C13H17IN2O/c14-10-6-3-4-7-11(10)16-13(17)12-8-2-1-5-9-15-12/h3-4,6-7,12,15H,1-2,5,8-9H2,(H,16,17). The number of hydrogen-bond donors (Lipinski definition) is 2. The van der Waals surface area contributed by atoms with E-state index >= 15 is 0 Å². The first-order chi connectivity index (χ1) is 8.27. The SMILES string of the molecule is O=C(Nc1ccccc1I)C1CCCCCN1. The van der Waals surface area contributed by atoms with E-state index in [2.05, 4.69) is 33.2 Å². The minimum Gasteiger partial charge on any atom is -0.324 e. The molecule has 1 amide bonds. The predicted octanol–water partition coefficient (Wildman–Crippen LogP) is 2.76. The first-order valence-corrected chi connectivity index (χ1v) is 7.14. The van der Waals surface area contributed by atoms with E-state index in [0.717, 1.165) is 28.6 Å². The van der Waals surface area contributed by atoms with Gasteiger partial charge in [0, 0.05) is 3.57 Å². The molecule has 0 spiro atoms. The Kier molecular flexibility index (Phi) is 4.79. The van der Waals surface area contributed by atoms with Crippen LogP contribution in [-0.2, 0) is 4.79 Å². The molecule has 1 aromatic rings. The van der Waals surface area contributed by atoms with Crippen LogP contribution in [0.1, 0.15) is 25.7 Å². The minimum absolute atomic E-state index is 0.0338. The van der Waals surface area contributed by atoms with Crippen LogP contribution in [-0.4, -0.2) is 18.5 Å². The van der Waals surface area contributed by atoms with Crippen molar-refractivity contribution in [3.05, 3.63) is 27.8 Å². The van der Waals surface area contributed by atoms with Gasteiger partial charge in [0.2, 0.25) is 5.91 Å². The zero-order valence-corrected chi connectivity index (χ0v) is 11.9. The summed E-state index contributed by atoms with van der Waals surface area (Å²) in [5.74, 6) is 0.0935. The monoisotopic (exact) mass is 344 g/mol. The minimum atomic E-state index is -0.0338. The first kappa shape index (κ1) is 12.8. The van der Waals surface area contributed by atoms with Crippen LogP contribution in [0.4, 0.5) is 5.69 Å². The summed E-state index contributed by atoms with van der Waals surface area (Å²) in [7, 11) is 0. The number of amides is 1. The molecule has 1 aliphatic heterocycles. The third-order valence-corrected chi connectivity index (χ3v) is 3.95. The summed E-state index contributed by atoms with van der Waals surface area (Å²) in [6.07, 6.45) is 4.47. The Morgan fingerprint density at radius 3 is 2.94 bits per heavy atom. The van der Waals surface area contributed by atoms with Gasteiger partial charge in [0.15, 0.2) is 0 Å². The molecule has 1 atom stereocenters. The second kappa shape index (κ2) is 6.35. The van der Waals surface area contributed by atoms with Gasteiger partial charge in [0.25, 0.3) is 0 Å². The maximum absolute atomic E-state index is 12.1. The average Bonchev–Trinajstić information content (AvgIpc) is 2.61. The van der Waals surface area contributed by atoms with Crippen molar-refractivity contribution in [3.8, 4) is 0 Å². The molecule has 0 bridgehead atoms. The van der Waals surface area contributed by atoms with E-state index in [4.69, 9.17) is 0 Å². The van der Waals surface area contributed by atoms with Crippen molar-refractivity contribution in [1.29, 1.82) is 0 Å². The van der Waals surface area contributed by atoms with Gasteiger partial charge in [-0.25, -0.2) is 0 Å². The summed E-state index contributed by atoms with van der Waals surface area (Å²) in [5.41, 5.74) is 0.907. The van der Waals surface area contributed by atoms with E-state index in [1.165, 1.54) is 12.8 Å². The molecule has 1 aliphatic rings. The Balaban J connectivity index is 1.98. The smallest absolute Gasteiger partial charge is 0.241 e. The summed E-state index contributed by atoms with van der Waals surface area (Å²) in [6, 6.07) is 7.82. The van der Waals surface area contributed by atoms with Gasteiger partial charge in [0.05, 0.1) is 11.7 Å². The van der Waals surface area contributed by atoms with Crippen LogP contribution in [0.15, 0.2) is 24.3 Å². The Bertz CT molecular complexity index is 387. The van der Waals surface area contributed by atoms with Gasteiger partial charge in [-0.2, -0.15) is 0 Å². The molecule has 1 heterocycles. The second-order valence-electron chi connectivity index (χ2n) is 4.33. The lowest BCUT2D eigenvalue weighted by Crippen LogP contribution is -2.39. The van der Waals surface area contributed by atoms with Gasteiger partial charge < -0.3 is 10.6 Å². The maximum atomic E-state index is 12.1. The summed E-state index contributed by atoms with van der Waals surface area (Å²) in [5, 5.41) is 6.31. The molecule has 4 heteroatoms. The molecule has 3 nitrogen and oxygen atoms in total. The average molecular weight is 344 g/mol. The highest BCUT2D eigenvalue weighted by Gasteiger charge is 2.19. The molecule has 0 radical (unpaired) electrons. The number of carbonyl (C=O) groups excluding carboxylic acids is 1. The number of para-hydroxylation sites is 1. The van der Waals surface area contributed by atoms with Crippen LogP contribution in [0.2, 0.25) is 0 Å². The summed E-state index contributed by atoms with van der Waals surface area (Å²) in [6.45, 7) is 0.948. The first-order valence-electron chi connectivity index (χ1n) is 6.06. The molecular formula is C13H17IN2O. The number of halogens is 1. The molecule has 0 saturated carbocycles. The molecular weight excluding hydrogens is 327 g/mol. The van der Waals surface area contributed by atoms with E-state index in [-0.39, 0.29) is 11.9 Å². The van der Waals surface area contributed by atoms with Crippen molar-refractivity contribution in [3.63, 3.8) is 0 Å². The Morgan fingerprint density at radius 2 is 2.12 bits per heavy atom. The number of rotatable bonds is 2. The van der Waals surface area contributed by atoms with Gasteiger partial charge in [-0.1, -0.05) is 25.0 Å². The molecule has 0 aromatic heterocycles. The zero-order valence-electron chi connectivity index (χ0n) is 9.71. The molecule has 0 aliphatic carbocycles. The van der Waals surface area contributed by atoms with E-state index in [1.54, 1.807) is 0 Å². The predicted molar refractivity (Wildman–Crippen MR) is 78.0 cm³/mol. The molecule has 1 fully saturated rings. The zero-order chi connectivity index (χ0) is 12.1. The lowest BCUT2D eigenvalue weighted by molar-refractivity contribution is -0.118. The van der Waals surface area contributed by atoms with E-state index in [9.17, 15) is 4.79 Å². The topological polar surface area (TPSA) is 41.1 Å². The Labute approximate surface area is 116 Å². The van der Waals surface area contributed by atoms with Crippen LogP contribution in [0.5, 0.6) is 0 Å². The highest BCUT2D eigenvalue weighted by atomic mass is 127. The lowest BCUT2D eigenvalue weighted by Gasteiger charge is -2.16. The molecule has 17 heavy (non-hydrogen) atoms. The Morgan fingerprint density at radius 1 is 1.29 bits per heavy atom. The van der Waals surface area contributed by atoms with E-state index in [1.807, 2.05) is 24.3 Å². The second-order valence-corrected chi connectivity index (χ2v) is 5.49. The summed E-state index contributed by atoms with van der Waals surface area (Å²) < 4.78 is 1.08. The normalized spacial score (nSPS) is 20.6. The highest BCUT2D eigenvalue weighted by Crippen LogP contribution is 2.18. The summed E-state index contributed by atoms with van der Waals surface area (Å²) in [4.78, 5) is 12.1. The largest absolute Gasteiger partial charge is 0.324 e. The van der Waals surface area contributed by atoms with Crippen molar-refractivity contribution < 1.29 is 4.79 Å². The van der Waals surface area contributed by atoms with Gasteiger partial charge in [-0.05, 0) is 54.1 Å². The molecule has 1 saturated heterocycles. The van der Waals surface area contributed by atoms with Crippen LogP contribution in [0, 0.1) is 3.57 Å². The number of carbonyl (C=O) groups is 1. The highest BCUT2D eigenvalue weighted by molar-refractivity contribution is 14.1. The van der Waals surface area contributed by atoms with Crippen molar-refractivity contribution in [2.24, 2.45) is 0 Å². The van der Waals surface area contributed by atoms with Gasteiger partial charge in [0.1, 0.15) is 0 Å². The lowest BCUT2D eigenvalue weighted by atomic mass is 10.1. The third-order valence-electron chi connectivity index (χ3n) is 3.01. The molecule has 2 N–H and O–H groups in total. The number of benzene rings is 1. The van der Waals surface area contributed by atoms with Crippen molar-refractivity contribution in [2.45, 2.75) is 31.7 Å². The molecule has 1 aromatic carbocycles. The number of nitrogens with one attached hydrogen (secondary N) is 2. The maximum Gasteiger partial charge on any atom is 0.241 e.